The number of anilines is 1. The third kappa shape index (κ3) is 5.52. The molecule has 0 radical (unpaired) electrons. The summed E-state index contributed by atoms with van der Waals surface area (Å²) in [6, 6.07) is 4.21. The summed E-state index contributed by atoms with van der Waals surface area (Å²) in [7, 11) is 0. The number of rotatable bonds is 7. The second-order valence-corrected chi connectivity index (χ2v) is 10.9. The molecule has 0 unspecified atom stereocenters. The van der Waals surface area contributed by atoms with Gasteiger partial charge >= 0.3 is 0 Å². The number of nitrogens with one attached hydrogen (secondary N) is 1. The zero-order valence-corrected chi connectivity index (χ0v) is 20.8. The molecule has 2 fully saturated rings. The van der Waals surface area contributed by atoms with Crippen molar-refractivity contribution in [2.24, 2.45) is 17.8 Å². The van der Waals surface area contributed by atoms with Crippen LogP contribution < -0.4 is 10.2 Å². The van der Waals surface area contributed by atoms with E-state index < -0.39 is 0 Å². The minimum Gasteiger partial charge on any atom is -0.356 e. The number of aromatic nitrogens is 3. The first-order chi connectivity index (χ1) is 15.4. The van der Waals surface area contributed by atoms with E-state index in [4.69, 9.17) is 0 Å². The lowest BCUT2D eigenvalue weighted by molar-refractivity contribution is -0.125. The maximum absolute atomic E-state index is 12.7. The highest BCUT2D eigenvalue weighted by Gasteiger charge is 2.27. The lowest BCUT2D eigenvalue weighted by Gasteiger charge is -2.35. The highest BCUT2D eigenvalue weighted by atomic mass is 32.1. The molecule has 2 aliphatic heterocycles. The fraction of sp³-hybridized carbons (Fsp3) is 0.708. The van der Waals surface area contributed by atoms with Crippen molar-refractivity contribution in [1.82, 2.24) is 25.0 Å². The summed E-state index contributed by atoms with van der Waals surface area (Å²) < 4.78 is 2.15. The molecule has 0 spiro atoms. The number of carbonyl (C=O) groups is 1. The van der Waals surface area contributed by atoms with Gasteiger partial charge in [-0.25, -0.2) is 0 Å². The molecule has 7 nitrogen and oxygen atoms in total. The monoisotopic (exact) mass is 458 g/mol. The highest BCUT2D eigenvalue weighted by molar-refractivity contribution is 7.17. The fourth-order valence-corrected chi connectivity index (χ4v) is 6.38. The average Bonchev–Trinajstić information content (AvgIpc) is 3.36. The lowest BCUT2D eigenvalue weighted by Crippen LogP contribution is -2.42. The molecule has 32 heavy (non-hydrogen) atoms. The highest BCUT2D eigenvalue weighted by Crippen LogP contribution is 2.29. The third-order valence-corrected chi connectivity index (χ3v) is 7.87. The summed E-state index contributed by atoms with van der Waals surface area (Å²) >= 11 is 1.63. The number of hydrogen-bond donors (Lipinski definition) is 1. The van der Waals surface area contributed by atoms with Gasteiger partial charge in [0.2, 0.25) is 16.2 Å². The van der Waals surface area contributed by atoms with Gasteiger partial charge in [-0.05, 0) is 70.0 Å². The van der Waals surface area contributed by atoms with Gasteiger partial charge in [-0.15, -0.1) is 10.2 Å². The lowest BCUT2D eigenvalue weighted by atomic mass is 9.92. The van der Waals surface area contributed by atoms with E-state index in [9.17, 15) is 4.79 Å². The summed E-state index contributed by atoms with van der Waals surface area (Å²) in [5.41, 5.74) is 2.34. The molecule has 2 atom stereocenters. The van der Waals surface area contributed by atoms with Gasteiger partial charge in [0, 0.05) is 50.0 Å². The first-order valence-electron chi connectivity index (χ1n) is 12.1. The van der Waals surface area contributed by atoms with Crippen LogP contribution >= 0.6 is 11.3 Å². The Hall–Kier alpha value is -1.93. The van der Waals surface area contributed by atoms with Crippen molar-refractivity contribution < 1.29 is 4.79 Å². The van der Waals surface area contributed by atoms with Gasteiger partial charge in [-0.3, -0.25) is 9.36 Å². The van der Waals surface area contributed by atoms with Crippen molar-refractivity contribution in [2.45, 2.75) is 53.4 Å². The van der Waals surface area contributed by atoms with Crippen molar-refractivity contribution in [3.63, 3.8) is 0 Å². The molecule has 0 saturated carbocycles. The summed E-state index contributed by atoms with van der Waals surface area (Å²) in [6.07, 6.45) is 4.14. The van der Waals surface area contributed by atoms with Crippen LogP contribution in [0.15, 0.2) is 12.1 Å². The van der Waals surface area contributed by atoms with Crippen LogP contribution in [0.2, 0.25) is 0 Å². The number of aryl methyl sites for hydroxylation is 2. The Morgan fingerprint density at radius 2 is 1.69 bits per heavy atom. The van der Waals surface area contributed by atoms with E-state index in [1.54, 1.807) is 11.3 Å². The van der Waals surface area contributed by atoms with Crippen LogP contribution in [0.25, 0.3) is 5.13 Å². The molecule has 2 aromatic heterocycles. The summed E-state index contributed by atoms with van der Waals surface area (Å²) in [4.78, 5) is 17.5. The number of carbonyl (C=O) groups excluding carboxylic acids is 1. The van der Waals surface area contributed by atoms with Gasteiger partial charge in [0.15, 0.2) is 0 Å². The van der Waals surface area contributed by atoms with E-state index in [1.165, 1.54) is 30.9 Å². The maximum Gasteiger partial charge on any atom is 0.223 e. The molecule has 2 aromatic rings. The van der Waals surface area contributed by atoms with E-state index in [-0.39, 0.29) is 11.8 Å². The van der Waals surface area contributed by atoms with Crippen molar-refractivity contribution >= 4 is 22.4 Å². The van der Waals surface area contributed by atoms with Crippen LogP contribution in [0.1, 0.15) is 50.9 Å². The first kappa shape index (κ1) is 23.2. The van der Waals surface area contributed by atoms with Gasteiger partial charge in [0.1, 0.15) is 0 Å². The van der Waals surface area contributed by atoms with Crippen LogP contribution in [0, 0.1) is 31.6 Å². The smallest absolute Gasteiger partial charge is 0.223 e. The van der Waals surface area contributed by atoms with Crippen LogP contribution in [-0.4, -0.2) is 64.8 Å². The van der Waals surface area contributed by atoms with Gasteiger partial charge in [0.05, 0.1) is 0 Å². The van der Waals surface area contributed by atoms with Crippen LogP contribution in [0.3, 0.4) is 0 Å². The second-order valence-electron chi connectivity index (χ2n) is 9.93. The number of nitrogens with zero attached hydrogens (tertiary/aromatic N) is 5. The zero-order valence-electron chi connectivity index (χ0n) is 20.0. The normalized spacial score (nSPS) is 22.9. The minimum absolute atomic E-state index is 0.114. The van der Waals surface area contributed by atoms with Crippen molar-refractivity contribution in [3.05, 3.63) is 23.5 Å². The van der Waals surface area contributed by atoms with Crippen LogP contribution in [0.4, 0.5) is 5.13 Å². The molecule has 2 aliphatic rings. The Labute approximate surface area is 196 Å². The molecule has 2 saturated heterocycles. The molecule has 0 aliphatic carbocycles. The summed E-state index contributed by atoms with van der Waals surface area (Å²) in [6.45, 7) is 14.9. The molecule has 176 valence electrons. The predicted molar refractivity (Wildman–Crippen MR) is 131 cm³/mol. The average molecular weight is 459 g/mol. The first-order valence-corrected chi connectivity index (χ1v) is 13.0. The van der Waals surface area contributed by atoms with E-state index in [0.29, 0.717) is 0 Å². The minimum atomic E-state index is 0.114. The number of hydrogen-bond acceptors (Lipinski definition) is 6. The SMILES string of the molecule is Cc1ccc(C)n1-c1nnc(N2CCC(C(=O)NCCCN3C[C@H](C)C[C@H](C)C3)CC2)s1. The maximum atomic E-state index is 12.7. The molecule has 8 heteroatoms. The van der Waals surface area contributed by atoms with E-state index >= 15 is 0 Å². The zero-order chi connectivity index (χ0) is 22.7. The van der Waals surface area contributed by atoms with Crippen LogP contribution in [0.5, 0.6) is 0 Å². The molecular weight excluding hydrogens is 420 g/mol. The molecule has 0 aromatic carbocycles. The Bertz CT molecular complexity index is 871. The molecule has 4 rings (SSSR count). The molecule has 0 bridgehead atoms. The summed E-state index contributed by atoms with van der Waals surface area (Å²) in [5.74, 6) is 1.92. The van der Waals surface area contributed by atoms with Crippen molar-refractivity contribution in [2.75, 3.05) is 44.2 Å². The second kappa shape index (κ2) is 10.3. The van der Waals surface area contributed by atoms with E-state index in [1.807, 2.05) is 0 Å². The Kier molecular flexibility index (Phi) is 7.51. The molecular formula is C24H38N6OS. The molecule has 4 heterocycles. The number of likely N-dealkylation sites (tertiary alicyclic amines) is 1. The van der Waals surface area contributed by atoms with E-state index in [0.717, 1.165) is 67.5 Å². The standard InChI is InChI=1S/C24H38N6OS/c1-17-14-18(2)16-28(15-17)11-5-10-25-22(31)21-8-12-29(13-9-21)23-26-27-24(32-23)30-19(3)6-7-20(30)4/h6-7,17-18,21H,5,8-16H2,1-4H3,(H,25,31)/t17-,18+. The van der Waals surface area contributed by atoms with Gasteiger partial charge in [-0.2, -0.15) is 0 Å². The third-order valence-electron chi connectivity index (χ3n) is 6.90. The molecule has 1 N–H and O–H groups in total. The number of piperidine rings is 2. The Morgan fingerprint density at radius 3 is 2.34 bits per heavy atom. The fourth-order valence-electron chi connectivity index (χ4n) is 5.36. The quantitative estimate of drug-likeness (QED) is 0.642. The number of amides is 1. The largest absolute Gasteiger partial charge is 0.356 e. The van der Waals surface area contributed by atoms with Gasteiger partial charge < -0.3 is 15.1 Å². The van der Waals surface area contributed by atoms with Crippen LogP contribution in [-0.2, 0) is 4.79 Å². The van der Waals surface area contributed by atoms with Crippen molar-refractivity contribution in [1.29, 1.82) is 0 Å². The molecule has 1 amide bonds. The predicted octanol–water partition coefficient (Wildman–Crippen LogP) is 3.65. The topological polar surface area (TPSA) is 66.3 Å². The van der Waals surface area contributed by atoms with E-state index in [2.05, 4.69) is 69.7 Å². The Morgan fingerprint density at radius 1 is 1.06 bits per heavy atom. The van der Waals surface area contributed by atoms with Gasteiger partial charge in [0.25, 0.3) is 0 Å². The van der Waals surface area contributed by atoms with Crippen molar-refractivity contribution in [3.8, 4) is 5.13 Å². The van der Waals surface area contributed by atoms with Gasteiger partial charge in [-0.1, -0.05) is 25.2 Å². The summed E-state index contributed by atoms with van der Waals surface area (Å²) in [5, 5.41) is 13.9. The Balaban J connectivity index is 1.19.